The second-order valence-electron chi connectivity index (χ2n) is 8.30. The van der Waals surface area contributed by atoms with E-state index in [1.165, 1.54) is 28.5 Å². The number of hydrogen-bond donors (Lipinski definition) is 1. The van der Waals surface area contributed by atoms with E-state index in [0.717, 1.165) is 26.2 Å². The van der Waals surface area contributed by atoms with Gasteiger partial charge < -0.3 is 5.32 Å². The first-order valence-electron chi connectivity index (χ1n) is 11.3. The maximum atomic E-state index is 14.0. The molecule has 0 amide bonds. The van der Waals surface area contributed by atoms with Crippen molar-refractivity contribution in [2.24, 2.45) is 0 Å². The van der Waals surface area contributed by atoms with Crippen molar-refractivity contribution in [2.75, 3.05) is 31.5 Å². The summed E-state index contributed by atoms with van der Waals surface area (Å²) in [5.41, 5.74) is 3.03. The molecular weight excluding hydrogens is 465 g/mol. The average molecular weight is 492 g/mol. The first-order valence-corrected chi connectivity index (χ1v) is 12.6. The molecule has 5 rings (SSSR count). The molecule has 3 aromatic carbocycles. The Labute approximate surface area is 208 Å². The minimum Gasteiger partial charge on any atom is -0.328 e. The lowest BCUT2D eigenvalue weighted by Crippen LogP contribution is -2.48. The minimum absolute atomic E-state index is 0.238. The lowest BCUT2D eigenvalue weighted by atomic mass is 9.96. The number of benzene rings is 3. The van der Waals surface area contributed by atoms with E-state index in [0.29, 0.717) is 21.4 Å². The van der Waals surface area contributed by atoms with Crippen molar-refractivity contribution in [1.82, 2.24) is 19.6 Å². The van der Waals surface area contributed by atoms with E-state index in [9.17, 15) is 4.39 Å². The third kappa shape index (κ3) is 5.26. The lowest BCUT2D eigenvalue weighted by Gasteiger charge is -2.39. The maximum Gasteiger partial charge on any atom is 0.209 e. The van der Waals surface area contributed by atoms with E-state index in [2.05, 4.69) is 80.9 Å². The van der Waals surface area contributed by atoms with Crippen molar-refractivity contribution in [3.63, 3.8) is 0 Å². The first-order chi connectivity index (χ1) is 16.7. The van der Waals surface area contributed by atoms with Crippen molar-refractivity contribution in [1.29, 1.82) is 0 Å². The summed E-state index contributed by atoms with van der Waals surface area (Å²) in [5.74, 6) is -0.308. The Balaban J connectivity index is 1.25. The Hall–Kier alpha value is -2.91. The van der Waals surface area contributed by atoms with Gasteiger partial charge in [0.15, 0.2) is 3.95 Å². The van der Waals surface area contributed by atoms with Crippen LogP contribution >= 0.6 is 23.6 Å². The fraction of sp³-hybridized carbons (Fsp3) is 0.231. The number of nitrogens with one attached hydrogen (secondary N) is 1. The number of hydrogen-bond acceptors (Lipinski definition) is 6. The van der Waals surface area contributed by atoms with Crippen LogP contribution in [0, 0.1) is 9.77 Å². The molecule has 34 heavy (non-hydrogen) atoms. The Bertz CT molecular complexity index is 1230. The molecule has 0 aliphatic carbocycles. The zero-order chi connectivity index (χ0) is 23.3. The molecule has 1 saturated heterocycles. The molecule has 1 aromatic heterocycles. The zero-order valence-electron chi connectivity index (χ0n) is 18.7. The molecule has 5 nitrogen and oxygen atoms in total. The van der Waals surface area contributed by atoms with Gasteiger partial charge in [-0.15, -0.1) is 5.10 Å². The summed E-state index contributed by atoms with van der Waals surface area (Å²) in [5, 5.41) is 8.23. The van der Waals surface area contributed by atoms with Crippen LogP contribution < -0.4 is 5.32 Å². The first kappa shape index (κ1) is 22.9. The Morgan fingerprint density at radius 2 is 1.44 bits per heavy atom. The monoisotopic (exact) mass is 491 g/mol. The average Bonchev–Trinajstić information content (AvgIpc) is 3.21. The Morgan fingerprint density at radius 3 is 2.06 bits per heavy atom. The molecule has 0 unspecified atom stereocenters. The summed E-state index contributed by atoms with van der Waals surface area (Å²) in [6, 6.07) is 28.2. The van der Waals surface area contributed by atoms with E-state index >= 15 is 0 Å². The molecule has 0 atom stereocenters. The fourth-order valence-electron chi connectivity index (χ4n) is 4.36. The number of para-hydroxylation sites is 1. The van der Waals surface area contributed by atoms with E-state index in [1.807, 2.05) is 4.68 Å². The number of halogens is 1. The van der Waals surface area contributed by atoms with E-state index in [-0.39, 0.29) is 11.9 Å². The third-order valence-corrected chi connectivity index (χ3v) is 7.28. The highest BCUT2D eigenvalue weighted by Gasteiger charge is 2.26. The van der Waals surface area contributed by atoms with Gasteiger partial charge in [0.25, 0.3) is 0 Å². The van der Waals surface area contributed by atoms with Crippen LogP contribution in [0.2, 0.25) is 0 Å². The van der Waals surface area contributed by atoms with Crippen molar-refractivity contribution in [3.8, 4) is 0 Å². The molecule has 2 heterocycles. The third-order valence-electron chi connectivity index (χ3n) is 6.06. The highest BCUT2D eigenvalue weighted by Crippen LogP contribution is 2.29. The fourth-order valence-corrected chi connectivity index (χ4v) is 5.37. The largest absolute Gasteiger partial charge is 0.328 e. The number of anilines is 2. The molecule has 1 aliphatic rings. The van der Waals surface area contributed by atoms with Crippen molar-refractivity contribution in [2.45, 2.75) is 12.7 Å². The van der Waals surface area contributed by atoms with Crippen molar-refractivity contribution in [3.05, 3.63) is 106 Å². The van der Waals surface area contributed by atoms with Crippen LogP contribution in [0.4, 0.5) is 15.2 Å². The molecule has 0 spiro atoms. The molecule has 8 heteroatoms. The Morgan fingerprint density at radius 1 is 0.853 bits per heavy atom. The van der Waals surface area contributed by atoms with E-state index in [4.69, 9.17) is 12.2 Å². The molecule has 0 radical (unpaired) electrons. The number of rotatable bonds is 7. The van der Waals surface area contributed by atoms with E-state index in [1.54, 1.807) is 18.2 Å². The predicted molar refractivity (Wildman–Crippen MR) is 138 cm³/mol. The smallest absolute Gasteiger partial charge is 0.209 e. The predicted octanol–water partition coefficient (Wildman–Crippen LogP) is 5.92. The molecule has 174 valence electrons. The zero-order valence-corrected chi connectivity index (χ0v) is 20.3. The quantitative estimate of drug-likeness (QED) is 0.325. The van der Waals surface area contributed by atoms with Crippen molar-refractivity contribution < 1.29 is 4.39 Å². The summed E-state index contributed by atoms with van der Waals surface area (Å²) >= 11 is 6.89. The van der Waals surface area contributed by atoms with E-state index < -0.39 is 0 Å². The number of aromatic nitrogens is 2. The molecule has 0 saturated carbocycles. The second-order valence-corrected chi connectivity index (χ2v) is 9.92. The summed E-state index contributed by atoms with van der Waals surface area (Å²) in [6.45, 7) is 4.37. The topological polar surface area (TPSA) is 36.3 Å². The van der Waals surface area contributed by atoms with Crippen LogP contribution in [0.5, 0.6) is 0 Å². The summed E-state index contributed by atoms with van der Waals surface area (Å²) in [7, 11) is 0. The highest BCUT2D eigenvalue weighted by molar-refractivity contribution is 7.73. The molecule has 1 aliphatic heterocycles. The van der Waals surface area contributed by atoms with Gasteiger partial charge in [-0.1, -0.05) is 84.1 Å². The van der Waals surface area contributed by atoms with Crippen LogP contribution in [0.15, 0.2) is 84.9 Å². The lowest BCUT2D eigenvalue weighted by molar-refractivity contribution is 0.0848. The van der Waals surface area contributed by atoms with Crippen LogP contribution in [0.3, 0.4) is 0 Å². The van der Waals surface area contributed by atoms with Crippen molar-refractivity contribution >= 4 is 34.4 Å². The van der Waals surface area contributed by atoms with Gasteiger partial charge in [-0.3, -0.25) is 9.80 Å². The van der Waals surface area contributed by atoms with Gasteiger partial charge >= 0.3 is 0 Å². The molecule has 4 aromatic rings. The van der Waals surface area contributed by atoms with Gasteiger partial charge in [0, 0.05) is 26.2 Å². The molecule has 1 N–H and O–H groups in total. The second kappa shape index (κ2) is 10.6. The minimum atomic E-state index is -0.308. The normalized spacial score (nSPS) is 15.0. The van der Waals surface area contributed by atoms with Crippen LogP contribution in [-0.2, 0) is 6.67 Å². The van der Waals surface area contributed by atoms with Crippen LogP contribution in [0.25, 0.3) is 0 Å². The molecule has 1 fully saturated rings. The van der Waals surface area contributed by atoms with Gasteiger partial charge in [0.1, 0.15) is 5.82 Å². The molecule has 0 bridgehead atoms. The maximum absolute atomic E-state index is 14.0. The summed E-state index contributed by atoms with van der Waals surface area (Å²) in [4.78, 5) is 4.92. The highest BCUT2D eigenvalue weighted by atomic mass is 32.1. The summed E-state index contributed by atoms with van der Waals surface area (Å²) < 4.78 is 16.5. The SMILES string of the molecule is Fc1ccccc1Nc1nn(CN2CCN(C(c3ccccc3)c3ccccc3)CC2)c(=S)s1. The standard InChI is InChI=1S/C26H26FN5S2/c27-22-13-7-8-14-23(22)28-25-29-32(26(33)34-25)19-30-15-17-31(18-16-30)24(20-9-3-1-4-10-20)21-11-5-2-6-12-21/h1-14,24H,15-19H2,(H,28,29). The van der Waals surface area contributed by atoms with Crippen LogP contribution in [-0.4, -0.2) is 45.8 Å². The van der Waals surface area contributed by atoms with Gasteiger partial charge in [0.05, 0.1) is 18.4 Å². The Kier molecular flexibility index (Phi) is 7.10. The van der Waals surface area contributed by atoms with Crippen LogP contribution in [0.1, 0.15) is 17.2 Å². The number of piperazine rings is 1. The van der Waals surface area contributed by atoms with Gasteiger partial charge in [0.2, 0.25) is 5.13 Å². The van der Waals surface area contributed by atoms with Gasteiger partial charge in [-0.25, -0.2) is 9.07 Å². The van der Waals surface area contributed by atoms with Gasteiger partial charge in [-0.05, 0) is 35.5 Å². The van der Waals surface area contributed by atoms with Gasteiger partial charge in [-0.2, -0.15) is 0 Å². The summed E-state index contributed by atoms with van der Waals surface area (Å²) in [6.07, 6.45) is 0. The number of nitrogens with zero attached hydrogens (tertiary/aromatic N) is 4. The molecular formula is C26H26FN5S2.